The van der Waals surface area contributed by atoms with E-state index in [1.165, 1.54) is 11.3 Å². The Morgan fingerprint density at radius 1 is 1.38 bits per heavy atom. The molecular weight excluding hydrogens is 262 g/mol. The van der Waals surface area contributed by atoms with Crippen molar-refractivity contribution in [3.63, 3.8) is 0 Å². The Morgan fingerprint density at radius 3 is 2.86 bits per heavy atom. The third-order valence-electron chi connectivity index (χ3n) is 4.17. The predicted molar refractivity (Wildman–Crippen MR) is 87.6 cm³/mol. The number of anilines is 1. The van der Waals surface area contributed by atoms with Crippen molar-refractivity contribution in [2.24, 2.45) is 0 Å². The smallest absolute Gasteiger partial charge is 0.242 e. The van der Waals surface area contributed by atoms with Gasteiger partial charge in [-0.2, -0.15) is 0 Å². The molecule has 1 amide bonds. The molecule has 0 radical (unpaired) electrons. The maximum absolute atomic E-state index is 11.9. The SMILES string of the molecule is CCCNC(CC)c1ccccc1N1CCNC(=O)C1C. The minimum atomic E-state index is -0.108. The van der Waals surface area contributed by atoms with E-state index in [9.17, 15) is 4.79 Å². The summed E-state index contributed by atoms with van der Waals surface area (Å²) in [6, 6.07) is 8.71. The van der Waals surface area contributed by atoms with Crippen LogP contribution in [0.2, 0.25) is 0 Å². The highest BCUT2D eigenvalue weighted by molar-refractivity contribution is 5.86. The van der Waals surface area contributed by atoms with Crippen LogP contribution in [0.5, 0.6) is 0 Å². The zero-order chi connectivity index (χ0) is 15.2. The van der Waals surface area contributed by atoms with Gasteiger partial charge in [-0.15, -0.1) is 0 Å². The molecule has 0 aliphatic carbocycles. The molecule has 1 heterocycles. The maximum atomic E-state index is 11.9. The van der Waals surface area contributed by atoms with E-state index in [4.69, 9.17) is 0 Å². The van der Waals surface area contributed by atoms with Gasteiger partial charge in [0, 0.05) is 24.8 Å². The van der Waals surface area contributed by atoms with Gasteiger partial charge in [-0.3, -0.25) is 4.79 Å². The number of rotatable bonds is 6. The van der Waals surface area contributed by atoms with E-state index in [1.807, 2.05) is 6.92 Å². The molecule has 2 unspecified atom stereocenters. The highest BCUT2D eigenvalue weighted by Crippen LogP contribution is 2.30. The summed E-state index contributed by atoms with van der Waals surface area (Å²) in [5.74, 6) is 0.116. The summed E-state index contributed by atoms with van der Waals surface area (Å²) in [4.78, 5) is 14.2. The third-order valence-corrected chi connectivity index (χ3v) is 4.17. The monoisotopic (exact) mass is 289 g/mol. The van der Waals surface area contributed by atoms with Crippen LogP contribution >= 0.6 is 0 Å². The molecule has 0 aromatic heterocycles. The van der Waals surface area contributed by atoms with Gasteiger partial charge >= 0.3 is 0 Å². The molecule has 2 rings (SSSR count). The van der Waals surface area contributed by atoms with Crippen molar-refractivity contribution in [1.29, 1.82) is 0 Å². The Hall–Kier alpha value is -1.55. The fourth-order valence-corrected chi connectivity index (χ4v) is 2.95. The molecule has 2 atom stereocenters. The molecule has 0 bridgehead atoms. The number of carbonyl (C=O) groups is 1. The highest BCUT2D eigenvalue weighted by atomic mass is 16.2. The first-order valence-electron chi connectivity index (χ1n) is 8.05. The minimum absolute atomic E-state index is 0.108. The van der Waals surface area contributed by atoms with E-state index >= 15 is 0 Å². The maximum Gasteiger partial charge on any atom is 0.242 e. The van der Waals surface area contributed by atoms with Crippen molar-refractivity contribution in [3.05, 3.63) is 29.8 Å². The Morgan fingerprint density at radius 2 is 2.14 bits per heavy atom. The lowest BCUT2D eigenvalue weighted by Gasteiger charge is -2.37. The van der Waals surface area contributed by atoms with E-state index < -0.39 is 0 Å². The van der Waals surface area contributed by atoms with Gasteiger partial charge in [0.05, 0.1) is 0 Å². The van der Waals surface area contributed by atoms with E-state index in [0.717, 1.165) is 32.5 Å². The summed E-state index contributed by atoms with van der Waals surface area (Å²) >= 11 is 0. The van der Waals surface area contributed by atoms with Crippen LogP contribution < -0.4 is 15.5 Å². The number of para-hydroxylation sites is 1. The zero-order valence-electron chi connectivity index (χ0n) is 13.4. The topological polar surface area (TPSA) is 44.4 Å². The summed E-state index contributed by atoms with van der Waals surface area (Å²) in [6.07, 6.45) is 2.17. The first-order chi connectivity index (χ1) is 10.2. The van der Waals surface area contributed by atoms with Gasteiger partial charge in [0.25, 0.3) is 0 Å². The molecule has 1 aromatic rings. The lowest BCUT2D eigenvalue weighted by atomic mass is 9.99. The fraction of sp³-hybridized carbons (Fsp3) is 0.588. The molecule has 1 aliphatic rings. The van der Waals surface area contributed by atoms with Gasteiger partial charge in [-0.05, 0) is 37.9 Å². The fourth-order valence-electron chi connectivity index (χ4n) is 2.95. The molecule has 2 N–H and O–H groups in total. The number of benzene rings is 1. The van der Waals surface area contributed by atoms with Gasteiger partial charge in [0.2, 0.25) is 5.91 Å². The van der Waals surface area contributed by atoms with Crippen LogP contribution in [0.15, 0.2) is 24.3 Å². The Balaban J connectivity index is 2.29. The summed E-state index contributed by atoms with van der Waals surface area (Å²) in [7, 11) is 0. The van der Waals surface area contributed by atoms with Crippen LogP contribution in [-0.4, -0.2) is 31.6 Å². The summed E-state index contributed by atoms with van der Waals surface area (Å²) in [5, 5.41) is 6.55. The highest BCUT2D eigenvalue weighted by Gasteiger charge is 2.28. The van der Waals surface area contributed by atoms with Crippen LogP contribution in [0.1, 0.15) is 45.2 Å². The molecule has 0 spiro atoms. The first kappa shape index (κ1) is 15.8. The van der Waals surface area contributed by atoms with Crippen LogP contribution in [-0.2, 0) is 4.79 Å². The third kappa shape index (κ3) is 3.56. The number of amides is 1. The molecule has 1 saturated heterocycles. The standard InChI is InChI=1S/C17H27N3O/c1-4-10-18-15(5-2)14-8-6-7-9-16(14)20-12-11-19-17(21)13(20)3/h6-9,13,15,18H,4-5,10-12H2,1-3H3,(H,19,21). The normalized spacial score (nSPS) is 20.2. The van der Waals surface area contributed by atoms with E-state index in [-0.39, 0.29) is 11.9 Å². The second-order valence-electron chi connectivity index (χ2n) is 5.63. The van der Waals surface area contributed by atoms with Gasteiger partial charge in [0.15, 0.2) is 0 Å². The van der Waals surface area contributed by atoms with Gasteiger partial charge in [-0.25, -0.2) is 0 Å². The minimum Gasteiger partial charge on any atom is -0.358 e. The van der Waals surface area contributed by atoms with Gasteiger partial charge in [-0.1, -0.05) is 32.0 Å². The number of nitrogens with one attached hydrogen (secondary N) is 2. The van der Waals surface area contributed by atoms with Gasteiger partial charge < -0.3 is 15.5 Å². The lowest BCUT2D eigenvalue weighted by Crippen LogP contribution is -2.54. The number of piperazine rings is 1. The van der Waals surface area contributed by atoms with Crippen molar-refractivity contribution < 1.29 is 4.79 Å². The predicted octanol–water partition coefficient (Wildman–Crippen LogP) is 2.46. The van der Waals surface area contributed by atoms with Crippen molar-refractivity contribution >= 4 is 11.6 Å². The lowest BCUT2D eigenvalue weighted by molar-refractivity contribution is -0.122. The average molecular weight is 289 g/mol. The van der Waals surface area contributed by atoms with Gasteiger partial charge in [0.1, 0.15) is 6.04 Å². The number of carbonyl (C=O) groups excluding carboxylic acids is 1. The second-order valence-corrected chi connectivity index (χ2v) is 5.63. The zero-order valence-corrected chi connectivity index (χ0v) is 13.4. The van der Waals surface area contributed by atoms with Crippen LogP contribution in [0.3, 0.4) is 0 Å². The molecule has 21 heavy (non-hydrogen) atoms. The molecular formula is C17H27N3O. The Bertz CT molecular complexity index is 475. The first-order valence-corrected chi connectivity index (χ1v) is 8.05. The number of nitrogens with zero attached hydrogens (tertiary/aromatic N) is 1. The van der Waals surface area contributed by atoms with E-state index in [2.05, 4.69) is 53.6 Å². The second kappa shape index (κ2) is 7.46. The Labute approximate surface area is 127 Å². The van der Waals surface area contributed by atoms with Crippen molar-refractivity contribution in [1.82, 2.24) is 10.6 Å². The van der Waals surface area contributed by atoms with Crippen LogP contribution in [0.25, 0.3) is 0 Å². The molecule has 1 aromatic carbocycles. The van der Waals surface area contributed by atoms with Crippen molar-refractivity contribution in [2.75, 3.05) is 24.5 Å². The van der Waals surface area contributed by atoms with E-state index in [0.29, 0.717) is 6.04 Å². The van der Waals surface area contributed by atoms with Crippen molar-refractivity contribution in [2.45, 2.75) is 45.7 Å². The van der Waals surface area contributed by atoms with Crippen LogP contribution in [0, 0.1) is 0 Å². The summed E-state index contributed by atoms with van der Waals surface area (Å²) in [5.41, 5.74) is 2.49. The summed E-state index contributed by atoms with van der Waals surface area (Å²) < 4.78 is 0. The molecule has 116 valence electrons. The molecule has 0 saturated carbocycles. The quantitative estimate of drug-likeness (QED) is 0.845. The number of hydrogen-bond acceptors (Lipinski definition) is 3. The molecule has 4 nitrogen and oxygen atoms in total. The molecule has 1 aliphatic heterocycles. The average Bonchev–Trinajstić information content (AvgIpc) is 2.51. The largest absolute Gasteiger partial charge is 0.358 e. The molecule has 4 heteroatoms. The van der Waals surface area contributed by atoms with Crippen LogP contribution in [0.4, 0.5) is 5.69 Å². The molecule has 1 fully saturated rings. The summed E-state index contributed by atoms with van der Waals surface area (Å²) in [6.45, 7) is 8.97. The van der Waals surface area contributed by atoms with E-state index in [1.54, 1.807) is 0 Å². The number of hydrogen-bond donors (Lipinski definition) is 2. The van der Waals surface area contributed by atoms with Crippen molar-refractivity contribution in [3.8, 4) is 0 Å². The Kier molecular flexibility index (Phi) is 5.62.